The molecule has 1 saturated heterocycles. The maximum atomic E-state index is 13.1. The van der Waals surface area contributed by atoms with Crippen LogP contribution in [-0.4, -0.2) is 65.1 Å². The van der Waals surface area contributed by atoms with Gasteiger partial charge in [0.25, 0.3) is 5.91 Å². The third kappa shape index (κ3) is 4.99. The average molecular weight is 440 g/mol. The summed E-state index contributed by atoms with van der Waals surface area (Å²) in [6, 6.07) is 5.83. The summed E-state index contributed by atoms with van der Waals surface area (Å²) in [5, 5.41) is 0. The maximum absolute atomic E-state index is 13.1. The Hall–Kier alpha value is -2.80. The molecule has 2 aliphatic heterocycles. The summed E-state index contributed by atoms with van der Waals surface area (Å²) in [6.07, 6.45) is 7.64. The summed E-state index contributed by atoms with van der Waals surface area (Å²) in [4.78, 5) is 41.3. The Morgan fingerprint density at radius 1 is 0.969 bits per heavy atom. The van der Waals surface area contributed by atoms with E-state index in [2.05, 4.69) is 4.90 Å². The normalized spacial score (nSPS) is 18.0. The molecule has 0 radical (unpaired) electrons. The highest BCUT2D eigenvalue weighted by Gasteiger charge is 2.27. The van der Waals surface area contributed by atoms with E-state index in [0.717, 1.165) is 51.9 Å². The second-order valence-electron chi connectivity index (χ2n) is 8.92. The summed E-state index contributed by atoms with van der Waals surface area (Å²) in [7, 11) is 1.73. The lowest BCUT2D eigenvalue weighted by atomic mass is 9.89. The van der Waals surface area contributed by atoms with Crippen molar-refractivity contribution in [3.63, 3.8) is 0 Å². The number of fused-ring (bicyclic) bond motifs is 1. The van der Waals surface area contributed by atoms with Gasteiger partial charge in [0.1, 0.15) is 5.82 Å². The Kier molecular flexibility index (Phi) is 6.84. The number of hydrogen-bond acceptors (Lipinski definition) is 4. The second kappa shape index (κ2) is 9.77. The quantitative estimate of drug-likeness (QED) is 0.488. The first kappa shape index (κ1) is 22.4. The lowest BCUT2D eigenvalue weighted by Gasteiger charge is -2.31. The number of nitrogens with zero attached hydrogens (tertiary/aromatic N) is 3. The minimum atomic E-state index is -0.322. The van der Waals surface area contributed by atoms with Gasteiger partial charge in [0, 0.05) is 56.0 Å². The number of ketones is 2. The number of amides is 1. The van der Waals surface area contributed by atoms with Crippen LogP contribution in [0.4, 0.5) is 4.39 Å². The summed E-state index contributed by atoms with van der Waals surface area (Å²) in [6.45, 7) is 4.00. The molecule has 0 aliphatic carbocycles. The van der Waals surface area contributed by atoms with Gasteiger partial charge >= 0.3 is 0 Å². The molecule has 32 heavy (non-hydrogen) atoms. The Bertz CT molecular complexity index is 990. The molecule has 3 heterocycles. The Balaban J connectivity index is 1.21. The fraction of sp³-hybridized carbons (Fsp3) is 0.480. The molecule has 1 aromatic carbocycles. The van der Waals surface area contributed by atoms with E-state index >= 15 is 0 Å². The summed E-state index contributed by atoms with van der Waals surface area (Å²) >= 11 is 0. The highest BCUT2D eigenvalue weighted by molar-refractivity contribution is 6.09. The third-order valence-electron chi connectivity index (χ3n) is 6.66. The molecule has 0 spiro atoms. The van der Waals surface area contributed by atoms with Gasteiger partial charge in [-0.1, -0.05) is 0 Å². The van der Waals surface area contributed by atoms with Gasteiger partial charge in [0.15, 0.2) is 11.6 Å². The molecule has 2 aromatic rings. The molecular formula is C25H30FN3O3. The van der Waals surface area contributed by atoms with Crippen molar-refractivity contribution in [3.05, 3.63) is 59.2 Å². The zero-order valence-corrected chi connectivity index (χ0v) is 18.6. The molecule has 1 fully saturated rings. The number of unbranched alkanes of at least 4 members (excludes halogenated alkanes) is 1. The van der Waals surface area contributed by atoms with Gasteiger partial charge in [-0.15, -0.1) is 0 Å². The zero-order valence-electron chi connectivity index (χ0n) is 18.6. The van der Waals surface area contributed by atoms with Gasteiger partial charge in [-0.05, 0) is 69.6 Å². The number of carbonyl (C=O) groups is 3. The lowest BCUT2D eigenvalue weighted by molar-refractivity contribution is 0.0796. The van der Waals surface area contributed by atoms with Gasteiger partial charge in [0.2, 0.25) is 0 Å². The summed E-state index contributed by atoms with van der Waals surface area (Å²) in [5.41, 5.74) is 1.66. The van der Waals surface area contributed by atoms with Crippen LogP contribution in [0.25, 0.3) is 0 Å². The first-order valence-electron chi connectivity index (χ1n) is 11.4. The number of rotatable bonds is 7. The van der Waals surface area contributed by atoms with Crippen molar-refractivity contribution in [1.82, 2.24) is 14.4 Å². The van der Waals surface area contributed by atoms with Crippen LogP contribution in [0.2, 0.25) is 0 Å². The topological polar surface area (TPSA) is 62.6 Å². The van der Waals surface area contributed by atoms with Gasteiger partial charge in [0.05, 0.1) is 5.56 Å². The van der Waals surface area contributed by atoms with Crippen molar-refractivity contribution in [2.45, 2.75) is 38.6 Å². The number of piperidine rings is 1. The van der Waals surface area contributed by atoms with Crippen LogP contribution in [0.5, 0.6) is 0 Å². The minimum absolute atomic E-state index is 0.0141. The largest absolute Gasteiger partial charge is 0.353 e. The average Bonchev–Trinajstić information content (AvgIpc) is 3.20. The Morgan fingerprint density at radius 3 is 2.34 bits per heavy atom. The summed E-state index contributed by atoms with van der Waals surface area (Å²) < 4.78 is 15.0. The molecule has 0 atom stereocenters. The van der Waals surface area contributed by atoms with Crippen molar-refractivity contribution >= 4 is 17.5 Å². The van der Waals surface area contributed by atoms with Crippen LogP contribution in [0, 0.1) is 11.7 Å². The second-order valence-corrected chi connectivity index (χ2v) is 8.92. The number of hydrogen-bond donors (Lipinski definition) is 0. The van der Waals surface area contributed by atoms with Crippen molar-refractivity contribution in [1.29, 1.82) is 0 Å². The molecule has 0 bridgehead atoms. The van der Waals surface area contributed by atoms with E-state index < -0.39 is 0 Å². The summed E-state index contributed by atoms with van der Waals surface area (Å²) in [5.74, 6) is -0.235. The predicted molar refractivity (Wildman–Crippen MR) is 119 cm³/mol. The van der Waals surface area contributed by atoms with E-state index in [1.165, 1.54) is 12.1 Å². The maximum Gasteiger partial charge on any atom is 0.255 e. The van der Waals surface area contributed by atoms with E-state index in [9.17, 15) is 18.8 Å². The molecule has 2 aliphatic rings. The van der Waals surface area contributed by atoms with Crippen LogP contribution in [0.3, 0.4) is 0 Å². The zero-order chi connectivity index (χ0) is 22.7. The number of aromatic nitrogens is 1. The Labute approximate surface area is 188 Å². The third-order valence-corrected chi connectivity index (χ3v) is 6.66. The fourth-order valence-electron chi connectivity index (χ4n) is 4.64. The molecule has 170 valence electrons. The van der Waals surface area contributed by atoms with E-state index in [-0.39, 0.29) is 29.2 Å². The Morgan fingerprint density at radius 2 is 1.62 bits per heavy atom. The number of Topliss-reactive ketones (excluding diaryl/α,β-unsaturated/α-hetero) is 2. The van der Waals surface area contributed by atoms with E-state index in [1.807, 2.05) is 17.0 Å². The van der Waals surface area contributed by atoms with E-state index in [4.69, 9.17) is 0 Å². The number of likely N-dealkylation sites (tertiary alicyclic amines) is 1. The van der Waals surface area contributed by atoms with Gasteiger partial charge in [-0.25, -0.2) is 4.39 Å². The fourth-order valence-corrected chi connectivity index (χ4v) is 4.64. The highest BCUT2D eigenvalue weighted by atomic mass is 19.1. The highest BCUT2D eigenvalue weighted by Crippen LogP contribution is 2.23. The van der Waals surface area contributed by atoms with Crippen LogP contribution in [-0.2, 0) is 6.54 Å². The van der Waals surface area contributed by atoms with Crippen LogP contribution in [0.1, 0.15) is 63.2 Å². The molecule has 6 nitrogen and oxygen atoms in total. The molecule has 1 aromatic heterocycles. The number of aryl methyl sites for hydroxylation is 1. The lowest BCUT2D eigenvalue weighted by Crippen LogP contribution is -2.37. The first-order valence-corrected chi connectivity index (χ1v) is 11.4. The minimum Gasteiger partial charge on any atom is -0.353 e. The standard InChI is InChI=1S/C25H30FN3O3/c1-27-13-10-23(30)21-16-29(17-22(21)25(27)32)12-3-2-11-28-14-8-19(9-15-28)24(31)18-4-6-20(26)7-5-18/h4-7,16-17,19H,2-3,8-15H2,1H3. The van der Waals surface area contributed by atoms with Crippen molar-refractivity contribution in [3.8, 4) is 0 Å². The number of halogens is 1. The number of carbonyl (C=O) groups excluding carboxylic acids is 3. The van der Waals surface area contributed by atoms with Crippen molar-refractivity contribution in [2.75, 3.05) is 33.2 Å². The monoisotopic (exact) mass is 439 g/mol. The van der Waals surface area contributed by atoms with E-state index in [0.29, 0.717) is 29.7 Å². The molecule has 7 heteroatoms. The molecule has 0 N–H and O–H groups in total. The molecule has 0 saturated carbocycles. The number of benzene rings is 1. The van der Waals surface area contributed by atoms with Gasteiger partial charge in [-0.2, -0.15) is 0 Å². The molecule has 0 unspecified atom stereocenters. The molecule has 4 rings (SSSR count). The van der Waals surface area contributed by atoms with Crippen LogP contribution < -0.4 is 0 Å². The smallest absolute Gasteiger partial charge is 0.255 e. The van der Waals surface area contributed by atoms with Crippen molar-refractivity contribution in [2.24, 2.45) is 5.92 Å². The van der Waals surface area contributed by atoms with Gasteiger partial charge < -0.3 is 14.4 Å². The predicted octanol–water partition coefficient (Wildman–Crippen LogP) is 3.66. The first-order chi connectivity index (χ1) is 15.4. The van der Waals surface area contributed by atoms with Crippen LogP contribution in [0.15, 0.2) is 36.7 Å². The molecular weight excluding hydrogens is 409 g/mol. The SMILES string of the molecule is CN1CCC(=O)c2cn(CCCCN3CCC(C(=O)c4ccc(F)cc4)CC3)cc2C1=O. The van der Waals surface area contributed by atoms with Crippen molar-refractivity contribution < 1.29 is 18.8 Å². The van der Waals surface area contributed by atoms with Gasteiger partial charge in [-0.3, -0.25) is 14.4 Å². The van der Waals surface area contributed by atoms with Crippen LogP contribution >= 0.6 is 0 Å². The van der Waals surface area contributed by atoms with E-state index in [1.54, 1.807) is 24.1 Å². The molecule has 1 amide bonds.